The van der Waals surface area contributed by atoms with Crippen molar-refractivity contribution in [3.63, 3.8) is 0 Å². The van der Waals surface area contributed by atoms with Gasteiger partial charge in [0.05, 0.1) is 6.61 Å². The number of aromatic amines is 1. The van der Waals surface area contributed by atoms with Crippen LogP contribution in [0.5, 0.6) is 0 Å². The zero-order chi connectivity index (χ0) is 28.1. The van der Waals surface area contributed by atoms with Gasteiger partial charge in [0.15, 0.2) is 0 Å². The number of nitrogens with zero attached hydrogens (tertiary/aromatic N) is 1. The maximum atomic E-state index is 12.3. The molecule has 39 heavy (non-hydrogen) atoms. The van der Waals surface area contributed by atoms with E-state index in [0.717, 1.165) is 19.3 Å². The molecule has 0 bridgehead atoms. The molecule has 0 saturated carbocycles. The molecule has 2 rings (SSSR count). The van der Waals surface area contributed by atoms with Gasteiger partial charge in [-0.15, -0.1) is 0 Å². The maximum Gasteiger partial charge on any atom is 0.330 e. The van der Waals surface area contributed by atoms with E-state index in [9.17, 15) is 19.5 Å². The number of nitrogens with one attached hydrogen (secondary N) is 1. The first-order chi connectivity index (χ1) is 19.0. The molecule has 1 aromatic heterocycles. The fourth-order valence-corrected chi connectivity index (χ4v) is 5.39. The number of esters is 1. The minimum absolute atomic E-state index is 0.252. The summed E-state index contributed by atoms with van der Waals surface area (Å²) in [4.78, 5) is 37.8. The Morgan fingerprint density at radius 1 is 0.872 bits per heavy atom. The number of H-pyrrole nitrogens is 1. The molecule has 0 aliphatic carbocycles. The van der Waals surface area contributed by atoms with Crippen LogP contribution in [0.4, 0.5) is 0 Å². The van der Waals surface area contributed by atoms with Gasteiger partial charge in [0, 0.05) is 25.1 Å². The van der Waals surface area contributed by atoms with E-state index in [0.29, 0.717) is 6.42 Å². The molecule has 1 unspecified atom stereocenters. The molecule has 8 heteroatoms. The van der Waals surface area contributed by atoms with Gasteiger partial charge in [-0.1, -0.05) is 122 Å². The zero-order valence-electron chi connectivity index (χ0n) is 24.4. The third-order valence-electron chi connectivity index (χ3n) is 7.79. The third kappa shape index (κ3) is 14.3. The number of ether oxygens (including phenoxy) is 2. The van der Waals surface area contributed by atoms with Gasteiger partial charge in [-0.25, -0.2) is 4.79 Å². The Balaban J connectivity index is 1.41. The van der Waals surface area contributed by atoms with Crippen LogP contribution in [0.15, 0.2) is 21.9 Å². The molecule has 0 amide bonds. The highest BCUT2D eigenvalue weighted by Gasteiger charge is 2.38. The molecule has 1 aliphatic rings. The molecule has 2 N–H and O–H groups in total. The Labute approximate surface area is 234 Å². The van der Waals surface area contributed by atoms with E-state index in [2.05, 4.69) is 11.9 Å². The summed E-state index contributed by atoms with van der Waals surface area (Å²) in [6, 6.07) is 1.23. The molecule has 2 heterocycles. The lowest BCUT2D eigenvalue weighted by atomic mass is 10.0. The summed E-state index contributed by atoms with van der Waals surface area (Å²) in [7, 11) is 0. The summed E-state index contributed by atoms with van der Waals surface area (Å²) in [6.45, 7) is 1.96. The van der Waals surface area contributed by atoms with E-state index < -0.39 is 29.7 Å². The summed E-state index contributed by atoms with van der Waals surface area (Å²) >= 11 is 0. The Morgan fingerprint density at radius 3 is 1.82 bits per heavy atom. The van der Waals surface area contributed by atoms with Crippen molar-refractivity contribution in [2.45, 2.75) is 160 Å². The SMILES string of the molecule is CCCCCCCCCCCCCCCCCCCCCC(=O)OC1C[C@@H](n2ccc(=O)[nH]c2=O)O[C@H]1CO. The van der Waals surface area contributed by atoms with Crippen LogP contribution in [-0.2, 0) is 14.3 Å². The molecule has 0 spiro atoms. The van der Waals surface area contributed by atoms with E-state index in [1.807, 2.05) is 0 Å². The number of hydrogen-bond acceptors (Lipinski definition) is 6. The average Bonchev–Trinajstić information content (AvgIpc) is 3.32. The van der Waals surface area contributed by atoms with E-state index in [1.165, 1.54) is 120 Å². The summed E-state index contributed by atoms with van der Waals surface area (Å²) in [5.41, 5.74) is -1.08. The van der Waals surface area contributed by atoms with Gasteiger partial charge in [0.2, 0.25) is 0 Å². The predicted molar refractivity (Wildman–Crippen MR) is 155 cm³/mol. The number of aliphatic hydroxyl groups excluding tert-OH is 1. The molecule has 224 valence electrons. The van der Waals surface area contributed by atoms with E-state index in [-0.39, 0.29) is 19.0 Å². The van der Waals surface area contributed by atoms with Gasteiger partial charge < -0.3 is 14.6 Å². The van der Waals surface area contributed by atoms with Crippen molar-refractivity contribution in [2.24, 2.45) is 0 Å². The van der Waals surface area contributed by atoms with Crippen molar-refractivity contribution in [3.8, 4) is 0 Å². The van der Waals surface area contributed by atoms with Crippen LogP contribution in [0, 0.1) is 0 Å². The number of rotatable bonds is 23. The number of unbranched alkanes of at least 4 members (excludes halogenated alkanes) is 18. The standard InChI is InChI=1S/C31H54N2O6/c1-2-3-4-5-6-7-8-9-10-11-12-13-14-15-16-17-18-19-20-21-30(36)39-26-24-29(38-27(26)25-34)33-23-22-28(35)32-31(33)37/h22-23,26-27,29,34H,2-21,24-25H2,1H3,(H,32,35,37)/t26?,27-,29-/m0/s1. The smallest absolute Gasteiger partial charge is 0.330 e. The lowest BCUT2D eigenvalue weighted by Crippen LogP contribution is -2.31. The predicted octanol–water partition coefficient (Wildman–Crippen LogP) is 6.55. The highest BCUT2D eigenvalue weighted by atomic mass is 16.6. The quantitative estimate of drug-likeness (QED) is 0.118. The summed E-state index contributed by atoms with van der Waals surface area (Å²) in [6.07, 6.45) is 24.8. The fourth-order valence-electron chi connectivity index (χ4n) is 5.39. The third-order valence-corrected chi connectivity index (χ3v) is 7.79. The second-order valence-electron chi connectivity index (χ2n) is 11.2. The van der Waals surface area contributed by atoms with Crippen molar-refractivity contribution >= 4 is 5.97 Å². The Hall–Kier alpha value is -1.93. The van der Waals surface area contributed by atoms with Crippen LogP contribution in [-0.4, -0.2) is 39.4 Å². The first-order valence-electron chi connectivity index (χ1n) is 15.8. The lowest BCUT2D eigenvalue weighted by Gasteiger charge is -2.16. The van der Waals surface area contributed by atoms with Gasteiger partial charge in [0.25, 0.3) is 5.56 Å². The van der Waals surface area contributed by atoms with Crippen LogP contribution in [0.3, 0.4) is 0 Å². The molecule has 0 aromatic carbocycles. The maximum absolute atomic E-state index is 12.3. The van der Waals surface area contributed by atoms with Gasteiger partial charge >= 0.3 is 11.7 Å². The molecule has 0 radical (unpaired) electrons. The van der Waals surface area contributed by atoms with Crippen molar-refractivity contribution in [1.29, 1.82) is 0 Å². The van der Waals surface area contributed by atoms with Crippen molar-refractivity contribution in [2.75, 3.05) is 6.61 Å². The van der Waals surface area contributed by atoms with Crippen LogP contribution >= 0.6 is 0 Å². The Morgan fingerprint density at radius 2 is 1.36 bits per heavy atom. The van der Waals surface area contributed by atoms with Gasteiger partial charge in [-0.05, 0) is 6.42 Å². The zero-order valence-corrected chi connectivity index (χ0v) is 24.4. The second-order valence-corrected chi connectivity index (χ2v) is 11.2. The highest BCUT2D eigenvalue weighted by Crippen LogP contribution is 2.30. The largest absolute Gasteiger partial charge is 0.459 e. The molecule has 1 fully saturated rings. The summed E-state index contributed by atoms with van der Waals surface area (Å²) < 4.78 is 12.5. The number of aliphatic hydroxyl groups is 1. The molecule has 1 saturated heterocycles. The van der Waals surface area contributed by atoms with Gasteiger partial charge in [0.1, 0.15) is 18.4 Å². The van der Waals surface area contributed by atoms with E-state index in [1.54, 1.807) is 0 Å². The lowest BCUT2D eigenvalue weighted by molar-refractivity contribution is -0.153. The fraction of sp³-hybridized carbons (Fsp3) is 0.839. The Kier molecular flexibility index (Phi) is 17.8. The number of aromatic nitrogens is 2. The minimum Gasteiger partial charge on any atom is -0.459 e. The Bertz CT molecular complexity index is 882. The topological polar surface area (TPSA) is 111 Å². The average molecular weight is 551 g/mol. The van der Waals surface area contributed by atoms with Gasteiger partial charge in [-0.3, -0.25) is 19.1 Å². The molecule has 1 aliphatic heterocycles. The molecule has 3 atom stereocenters. The number of carbonyl (C=O) groups is 1. The van der Waals surface area contributed by atoms with E-state index in [4.69, 9.17) is 9.47 Å². The van der Waals surface area contributed by atoms with Crippen molar-refractivity contribution in [3.05, 3.63) is 33.1 Å². The van der Waals surface area contributed by atoms with Gasteiger partial charge in [-0.2, -0.15) is 0 Å². The number of carbonyl (C=O) groups excluding carboxylic acids is 1. The van der Waals surface area contributed by atoms with E-state index >= 15 is 0 Å². The second kappa shape index (κ2) is 20.9. The van der Waals surface area contributed by atoms with Crippen molar-refractivity contribution < 1.29 is 19.4 Å². The molecular weight excluding hydrogens is 496 g/mol. The number of hydrogen-bond donors (Lipinski definition) is 2. The molecule has 8 nitrogen and oxygen atoms in total. The van der Waals surface area contributed by atoms with Crippen LogP contribution in [0.2, 0.25) is 0 Å². The summed E-state index contributed by atoms with van der Waals surface area (Å²) in [5.74, 6) is -0.302. The normalized spacial score (nSPS) is 19.0. The summed E-state index contributed by atoms with van der Waals surface area (Å²) in [5, 5.41) is 9.61. The van der Waals surface area contributed by atoms with Crippen LogP contribution in [0.25, 0.3) is 0 Å². The van der Waals surface area contributed by atoms with Crippen molar-refractivity contribution in [1.82, 2.24) is 9.55 Å². The first kappa shape index (κ1) is 33.3. The van der Waals surface area contributed by atoms with Crippen LogP contribution < -0.4 is 11.2 Å². The highest BCUT2D eigenvalue weighted by molar-refractivity contribution is 5.69. The molecular formula is C31H54N2O6. The first-order valence-corrected chi connectivity index (χ1v) is 15.8. The monoisotopic (exact) mass is 550 g/mol. The minimum atomic E-state index is -0.695. The molecule has 1 aromatic rings. The van der Waals surface area contributed by atoms with Crippen LogP contribution in [0.1, 0.15) is 148 Å².